The third kappa shape index (κ3) is 1.20. The molecule has 3 unspecified atom stereocenters. The van der Waals surface area contributed by atoms with Crippen molar-refractivity contribution in [3.8, 4) is 0 Å². The number of rotatable bonds is 3. The van der Waals surface area contributed by atoms with Crippen molar-refractivity contribution in [2.75, 3.05) is 0 Å². The number of hydrogen-bond acceptors (Lipinski definition) is 1. The molecular formula is C10H14F2O. The second kappa shape index (κ2) is 2.08. The van der Waals surface area contributed by atoms with Crippen LogP contribution in [0, 0.1) is 17.3 Å². The Kier molecular flexibility index (Phi) is 1.30. The Morgan fingerprint density at radius 1 is 1.31 bits per heavy atom. The molecular weight excluding hydrogens is 174 g/mol. The van der Waals surface area contributed by atoms with Gasteiger partial charge in [-0.25, -0.2) is 8.78 Å². The van der Waals surface area contributed by atoms with E-state index >= 15 is 0 Å². The van der Waals surface area contributed by atoms with Gasteiger partial charge in [-0.3, -0.25) is 0 Å². The molecule has 74 valence electrons. The molecule has 3 aliphatic rings. The van der Waals surface area contributed by atoms with Gasteiger partial charge in [0.2, 0.25) is 0 Å². The fourth-order valence-corrected chi connectivity index (χ4v) is 2.64. The van der Waals surface area contributed by atoms with Gasteiger partial charge in [0.1, 0.15) is 0 Å². The van der Waals surface area contributed by atoms with E-state index in [4.69, 9.17) is 0 Å². The molecule has 1 spiro atoms. The maximum Gasteiger partial charge on any atom is 0.251 e. The van der Waals surface area contributed by atoms with Crippen LogP contribution in [-0.2, 0) is 0 Å². The first-order valence-corrected chi connectivity index (χ1v) is 5.09. The average molecular weight is 188 g/mol. The molecule has 0 amide bonds. The summed E-state index contributed by atoms with van der Waals surface area (Å²) in [7, 11) is 0. The minimum Gasteiger partial charge on any atom is -0.393 e. The molecule has 1 N–H and O–H groups in total. The maximum atomic E-state index is 12.5. The summed E-state index contributed by atoms with van der Waals surface area (Å²) in [4.78, 5) is 0. The van der Waals surface area contributed by atoms with Gasteiger partial charge in [-0.1, -0.05) is 0 Å². The number of aliphatic hydroxyl groups excluding tert-OH is 1. The van der Waals surface area contributed by atoms with Crippen molar-refractivity contribution < 1.29 is 13.9 Å². The van der Waals surface area contributed by atoms with Gasteiger partial charge in [0.25, 0.3) is 5.92 Å². The highest BCUT2D eigenvalue weighted by Gasteiger charge is 2.66. The number of alkyl halides is 2. The van der Waals surface area contributed by atoms with E-state index in [1.807, 2.05) is 0 Å². The molecule has 3 aliphatic carbocycles. The largest absolute Gasteiger partial charge is 0.393 e. The predicted molar refractivity (Wildman–Crippen MR) is 43.5 cm³/mol. The summed E-state index contributed by atoms with van der Waals surface area (Å²) in [6, 6.07) is 0. The lowest BCUT2D eigenvalue weighted by Gasteiger charge is -2.08. The summed E-state index contributed by atoms with van der Waals surface area (Å²) in [6.07, 6.45) is 3.42. The molecule has 13 heavy (non-hydrogen) atoms. The molecule has 0 aromatic carbocycles. The highest BCUT2D eigenvalue weighted by molar-refractivity contribution is 5.15. The second-order valence-corrected chi connectivity index (χ2v) is 5.14. The first kappa shape index (κ1) is 8.16. The van der Waals surface area contributed by atoms with Gasteiger partial charge in [0.15, 0.2) is 0 Å². The molecule has 3 atom stereocenters. The van der Waals surface area contributed by atoms with E-state index in [1.54, 1.807) is 0 Å². The average Bonchev–Trinajstić information content (AvgIpc) is 2.90. The van der Waals surface area contributed by atoms with Crippen molar-refractivity contribution in [3.63, 3.8) is 0 Å². The Balaban J connectivity index is 1.51. The van der Waals surface area contributed by atoms with E-state index in [-0.39, 0.29) is 6.42 Å². The lowest BCUT2D eigenvalue weighted by atomic mass is 10.1. The van der Waals surface area contributed by atoms with Gasteiger partial charge in [0, 0.05) is 12.3 Å². The Labute approximate surface area is 76.1 Å². The first-order chi connectivity index (χ1) is 6.04. The second-order valence-electron chi connectivity index (χ2n) is 5.14. The van der Waals surface area contributed by atoms with E-state index in [1.165, 1.54) is 12.8 Å². The van der Waals surface area contributed by atoms with Gasteiger partial charge in [-0.2, -0.15) is 0 Å². The minimum atomic E-state index is -2.45. The van der Waals surface area contributed by atoms with Crippen LogP contribution in [0.3, 0.4) is 0 Å². The zero-order chi connectivity index (χ0) is 9.27. The fraction of sp³-hybridized carbons (Fsp3) is 1.00. The molecule has 0 heterocycles. The Morgan fingerprint density at radius 3 is 2.31 bits per heavy atom. The van der Waals surface area contributed by atoms with Crippen molar-refractivity contribution in [2.24, 2.45) is 17.3 Å². The topological polar surface area (TPSA) is 20.2 Å². The van der Waals surface area contributed by atoms with Crippen molar-refractivity contribution in [1.82, 2.24) is 0 Å². The summed E-state index contributed by atoms with van der Waals surface area (Å²) in [5.74, 6) is -2.60. The van der Waals surface area contributed by atoms with E-state index in [0.29, 0.717) is 17.8 Å². The normalized spacial score (nSPS) is 44.5. The van der Waals surface area contributed by atoms with Crippen LogP contribution >= 0.6 is 0 Å². The summed E-state index contributed by atoms with van der Waals surface area (Å²) >= 11 is 0. The molecule has 0 radical (unpaired) electrons. The zero-order valence-electron chi connectivity index (χ0n) is 7.47. The van der Waals surface area contributed by atoms with Crippen LogP contribution in [0.25, 0.3) is 0 Å². The van der Waals surface area contributed by atoms with Crippen LogP contribution in [0.15, 0.2) is 0 Å². The van der Waals surface area contributed by atoms with Crippen LogP contribution in [0.5, 0.6) is 0 Å². The maximum absolute atomic E-state index is 12.5. The molecule has 1 nitrogen and oxygen atoms in total. The van der Waals surface area contributed by atoms with Crippen LogP contribution in [0.4, 0.5) is 8.78 Å². The van der Waals surface area contributed by atoms with Crippen molar-refractivity contribution in [2.45, 2.75) is 44.1 Å². The smallest absolute Gasteiger partial charge is 0.251 e. The number of aliphatic hydroxyl groups is 1. The predicted octanol–water partition coefficient (Wildman–Crippen LogP) is 2.19. The van der Waals surface area contributed by atoms with Gasteiger partial charge in [0.05, 0.1) is 6.10 Å². The lowest BCUT2D eigenvalue weighted by Crippen LogP contribution is -2.13. The fourth-order valence-electron chi connectivity index (χ4n) is 2.64. The van der Waals surface area contributed by atoms with E-state index in [0.717, 1.165) is 6.42 Å². The van der Waals surface area contributed by atoms with Crippen molar-refractivity contribution in [1.29, 1.82) is 0 Å². The quantitative estimate of drug-likeness (QED) is 0.719. The van der Waals surface area contributed by atoms with Crippen LogP contribution in [-0.4, -0.2) is 17.1 Å². The van der Waals surface area contributed by atoms with E-state index in [2.05, 4.69) is 0 Å². The summed E-state index contributed by atoms with van der Waals surface area (Å²) in [5.41, 5.74) is 0.434. The first-order valence-electron chi connectivity index (χ1n) is 5.09. The third-order valence-corrected chi connectivity index (χ3v) is 4.09. The number of halogens is 2. The van der Waals surface area contributed by atoms with Gasteiger partial charge < -0.3 is 5.11 Å². The zero-order valence-corrected chi connectivity index (χ0v) is 7.47. The molecule has 3 heteroatoms. The standard InChI is InChI=1S/C10H14F2O/c11-10(12)4-6(10)3-8(13)7-5-9(7)1-2-9/h6-8,13H,1-5H2. The highest BCUT2D eigenvalue weighted by atomic mass is 19.3. The van der Waals surface area contributed by atoms with Crippen LogP contribution < -0.4 is 0 Å². The van der Waals surface area contributed by atoms with Crippen molar-refractivity contribution in [3.05, 3.63) is 0 Å². The molecule has 3 saturated carbocycles. The van der Waals surface area contributed by atoms with Crippen LogP contribution in [0.2, 0.25) is 0 Å². The molecule has 3 rings (SSSR count). The highest BCUT2D eigenvalue weighted by Crippen LogP contribution is 2.72. The van der Waals surface area contributed by atoms with E-state index in [9.17, 15) is 13.9 Å². The SMILES string of the molecule is OC(CC1CC1(F)F)C1CC12CC2. The molecule has 3 fully saturated rings. The summed E-state index contributed by atoms with van der Waals surface area (Å²) in [6.45, 7) is 0. The van der Waals surface area contributed by atoms with Gasteiger partial charge in [-0.05, 0) is 37.0 Å². The number of hydrogen-bond donors (Lipinski definition) is 1. The molecule has 0 bridgehead atoms. The van der Waals surface area contributed by atoms with Gasteiger partial charge in [-0.15, -0.1) is 0 Å². The lowest BCUT2D eigenvalue weighted by molar-refractivity contribution is 0.0685. The third-order valence-electron chi connectivity index (χ3n) is 4.09. The Hall–Kier alpha value is -0.180. The Bertz CT molecular complexity index is 247. The van der Waals surface area contributed by atoms with E-state index < -0.39 is 17.9 Å². The van der Waals surface area contributed by atoms with Gasteiger partial charge >= 0.3 is 0 Å². The molecule has 0 aromatic heterocycles. The molecule has 0 aliphatic heterocycles. The Morgan fingerprint density at radius 2 is 1.92 bits per heavy atom. The minimum absolute atomic E-state index is 0.00375. The monoisotopic (exact) mass is 188 g/mol. The van der Waals surface area contributed by atoms with Crippen molar-refractivity contribution >= 4 is 0 Å². The molecule has 0 aromatic rings. The van der Waals surface area contributed by atoms with Crippen LogP contribution in [0.1, 0.15) is 32.1 Å². The molecule has 0 saturated heterocycles. The summed E-state index contributed by atoms with van der Waals surface area (Å²) in [5, 5.41) is 9.67. The summed E-state index contributed by atoms with van der Waals surface area (Å²) < 4.78 is 25.1.